The van der Waals surface area contributed by atoms with Gasteiger partial charge in [0.05, 0.1) is 0 Å². The van der Waals surface area contributed by atoms with E-state index in [2.05, 4.69) is 29.0 Å². The molecule has 0 saturated carbocycles. The van der Waals surface area contributed by atoms with Crippen molar-refractivity contribution in [1.82, 2.24) is 15.1 Å². The van der Waals surface area contributed by atoms with Gasteiger partial charge in [-0.2, -0.15) is 0 Å². The van der Waals surface area contributed by atoms with E-state index in [9.17, 15) is 4.79 Å². The highest BCUT2D eigenvalue weighted by molar-refractivity contribution is 5.73. The van der Waals surface area contributed by atoms with E-state index in [0.717, 1.165) is 52.2 Å². The van der Waals surface area contributed by atoms with E-state index in [-0.39, 0.29) is 0 Å². The van der Waals surface area contributed by atoms with Crippen LogP contribution in [0.25, 0.3) is 0 Å². The summed E-state index contributed by atoms with van der Waals surface area (Å²) in [6, 6.07) is -0.394. The minimum atomic E-state index is -0.726. The Bertz CT molecular complexity index is 240. The maximum absolute atomic E-state index is 11.1. The van der Waals surface area contributed by atoms with Crippen LogP contribution in [0.3, 0.4) is 0 Å². The summed E-state index contributed by atoms with van der Waals surface area (Å²) in [7, 11) is 0. The smallest absolute Gasteiger partial charge is 0.320 e. The second-order valence-corrected chi connectivity index (χ2v) is 4.91. The van der Waals surface area contributed by atoms with Crippen LogP contribution in [0.15, 0.2) is 0 Å². The Morgan fingerprint density at radius 1 is 1.22 bits per heavy atom. The number of piperazine rings is 1. The van der Waals surface area contributed by atoms with Crippen LogP contribution in [-0.4, -0.2) is 72.7 Å². The molecule has 2 N–H and O–H groups in total. The lowest BCUT2D eigenvalue weighted by Crippen LogP contribution is -2.48. The van der Waals surface area contributed by atoms with Gasteiger partial charge in [-0.05, 0) is 25.9 Å². The molecule has 0 spiro atoms. The van der Waals surface area contributed by atoms with Gasteiger partial charge in [-0.15, -0.1) is 0 Å². The lowest BCUT2D eigenvalue weighted by atomic mass is 10.2. The average molecular weight is 257 g/mol. The summed E-state index contributed by atoms with van der Waals surface area (Å²) in [6.45, 7) is 11.4. The number of nitrogens with one attached hydrogen (secondary N) is 1. The lowest BCUT2D eigenvalue weighted by Gasteiger charge is -2.34. The third kappa shape index (κ3) is 5.33. The molecule has 1 saturated heterocycles. The Hall–Kier alpha value is -0.650. The Morgan fingerprint density at radius 3 is 2.33 bits per heavy atom. The van der Waals surface area contributed by atoms with Gasteiger partial charge in [-0.25, -0.2) is 0 Å². The van der Waals surface area contributed by atoms with Crippen LogP contribution in [0.2, 0.25) is 0 Å². The summed E-state index contributed by atoms with van der Waals surface area (Å²) in [4.78, 5) is 15.9. The predicted molar refractivity (Wildman–Crippen MR) is 72.9 cm³/mol. The van der Waals surface area contributed by atoms with E-state index in [4.69, 9.17) is 5.11 Å². The Morgan fingerprint density at radius 2 is 1.83 bits per heavy atom. The quantitative estimate of drug-likeness (QED) is 0.662. The molecule has 0 aliphatic carbocycles. The van der Waals surface area contributed by atoms with Gasteiger partial charge in [-0.1, -0.05) is 13.8 Å². The topological polar surface area (TPSA) is 55.8 Å². The maximum Gasteiger partial charge on any atom is 0.320 e. The van der Waals surface area contributed by atoms with E-state index < -0.39 is 12.0 Å². The van der Waals surface area contributed by atoms with Crippen molar-refractivity contribution < 1.29 is 9.90 Å². The first kappa shape index (κ1) is 15.4. The van der Waals surface area contributed by atoms with Crippen LogP contribution in [0.5, 0.6) is 0 Å². The number of hydrogen-bond acceptors (Lipinski definition) is 4. The van der Waals surface area contributed by atoms with E-state index in [1.54, 1.807) is 0 Å². The van der Waals surface area contributed by atoms with E-state index in [1.807, 2.05) is 0 Å². The molecule has 1 fully saturated rings. The highest BCUT2D eigenvalue weighted by Gasteiger charge is 2.20. The van der Waals surface area contributed by atoms with E-state index in [0.29, 0.717) is 6.42 Å². The molecule has 0 aromatic carbocycles. The van der Waals surface area contributed by atoms with Gasteiger partial charge in [0.1, 0.15) is 6.04 Å². The number of carbonyl (C=O) groups is 1. The van der Waals surface area contributed by atoms with Gasteiger partial charge in [0.15, 0.2) is 0 Å². The molecule has 5 nitrogen and oxygen atoms in total. The third-order valence-corrected chi connectivity index (χ3v) is 3.58. The molecule has 5 heteroatoms. The molecular weight excluding hydrogens is 230 g/mol. The Kier molecular flexibility index (Phi) is 7.23. The van der Waals surface area contributed by atoms with E-state index >= 15 is 0 Å². The monoisotopic (exact) mass is 257 g/mol. The van der Waals surface area contributed by atoms with Gasteiger partial charge >= 0.3 is 5.97 Å². The molecule has 106 valence electrons. The summed E-state index contributed by atoms with van der Waals surface area (Å²) in [5.41, 5.74) is 0. The number of likely N-dealkylation sites (N-methyl/N-ethyl adjacent to an activating group) is 1. The van der Waals surface area contributed by atoms with Crippen molar-refractivity contribution >= 4 is 5.97 Å². The zero-order valence-corrected chi connectivity index (χ0v) is 11.7. The van der Waals surface area contributed by atoms with Crippen molar-refractivity contribution in [2.24, 2.45) is 0 Å². The molecule has 0 aromatic rings. The Balaban J connectivity index is 2.23. The average Bonchev–Trinajstić information content (AvgIpc) is 2.39. The molecule has 0 radical (unpaired) electrons. The first-order chi connectivity index (χ1) is 8.67. The van der Waals surface area contributed by atoms with Gasteiger partial charge in [0.25, 0.3) is 0 Å². The molecule has 1 aliphatic rings. The van der Waals surface area contributed by atoms with E-state index in [1.165, 1.54) is 0 Å². The molecule has 0 aromatic heterocycles. The molecule has 1 heterocycles. The minimum Gasteiger partial charge on any atom is -0.480 e. The zero-order chi connectivity index (χ0) is 13.4. The highest BCUT2D eigenvalue weighted by Crippen LogP contribution is 2.04. The Labute approximate surface area is 110 Å². The van der Waals surface area contributed by atoms with Crippen molar-refractivity contribution in [3.05, 3.63) is 0 Å². The summed E-state index contributed by atoms with van der Waals surface area (Å²) in [5, 5.41) is 12.2. The lowest BCUT2D eigenvalue weighted by molar-refractivity contribution is -0.139. The summed E-state index contributed by atoms with van der Waals surface area (Å²) in [5.74, 6) is -0.726. The number of aliphatic carboxylic acids is 1. The predicted octanol–water partition coefficient (Wildman–Crippen LogP) is 0.467. The molecule has 0 bridgehead atoms. The summed E-state index contributed by atoms with van der Waals surface area (Å²) in [6.07, 6.45) is 1.67. The molecule has 1 aliphatic heterocycles. The first-order valence-electron chi connectivity index (χ1n) is 7.08. The van der Waals surface area contributed by atoms with Crippen LogP contribution >= 0.6 is 0 Å². The molecule has 1 unspecified atom stereocenters. The van der Waals surface area contributed by atoms with Gasteiger partial charge in [0.2, 0.25) is 0 Å². The van der Waals surface area contributed by atoms with Crippen molar-refractivity contribution in [1.29, 1.82) is 0 Å². The number of rotatable bonds is 8. The standard InChI is InChI=1S/C13H27N3O2/c1-3-6-14-12(13(17)18)5-7-16-10-8-15(4-2)9-11-16/h12,14H,3-11H2,1-2H3,(H,17,18). The van der Waals surface area contributed by atoms with Crippen molar-refractivity contribution in [3.8, 4) is 0 Å². The second kappa shape index (κ2) is 8.45. The summed E-state index contributed by atoms with van der Waals surface area (Å²) < 4.78 is 0. The van der Waals surface area contributed by atoms with Crippen LogP contribution in [0.1, 0.15) is 26.7 Å². The van der Waals surface area contributed by atoms with Gasteiger partial charge < -0.3 is 20.2 Å². The number of nitrogens with zero attached hydrogens (tertiary/aromatic N) is 2. The van der Waals surface area contributed by atoms with Crippen LogP contribution < -0.4 is 5.32 Å². The van der Waals surface area contributed by atoms with Gasteiger partial charge in [-0.3, -0.25) is 4.79 Å². The third-order valence-electron chi connectivity index (χ3n) is 3.58. The molecule has 18 heavy (non-hydrogen) atoms. The normalized spacial score (nSPS) is 19.9. The van der Waals surface area contributed by atoms with Crippen molar-refractivity contribution in [3.63, 3.8) is 0 Å². The number of hydrogen-bond donors (Lipinski definition) is 2. The fourth-order valence-corrected chi connectivity index (χ4v) is 2.27. The largest absolute Gasteiger partial charge is 0.480 e. The first-order valence-corrected chi connectivity index (χ1v) is 7.08. The number of carboxylic acids is 1. The van der Waals surface area contributed by atoms with Crippen molar-refractivity contribution in [2.75, 3.05) is 45.8 Å². The van der Waals surface area contributed by atoms with Crippen molar-refractivity contribution in [2.45, 2.75) is 32.7 Å². The zero-order valence-electron chi connectivity index (χ0n) is 11.7. The SMILES string of the molecule is CCCNC(CCN1CCN(CC)CC1)C(=O)O. The molecule has 1 rings (SSSR count). The molecule has 1 atom stereocenters. The molecular formula is C13H27N3O2. The van der Waals surface area contributed by atoms with Crippen LogP contribution in [0.4, 0.5) is 0 Å². The van der Waals surface area contributed by atoms with Gasteiger partial charge in [0, 0.05) is 32.7 Å². The highest BCUT2D eigenvalue weighted by atomic mass is 16.4. The van der Waals surface area contributed by atoms with Crippen LogP contribution in [0, 0.1) is 0 Å². The summed E-state index contributed by atoms with van der Waals surface area (Å²) >= 11 is 0. The van der Waals surface area contributed by atoms with Crippen LogP contribution in [-0.2, 0) is 4.79 Å². The fourth-order valence-electron chi connectivity index (χ4n) is 2.27. The maximum atomic E-state index is 11.1. The second-order valence-electron chi connectivity index (χ2n) is 4.91. The fraction of sp³-hybridized carbons (Fsp3) is 0.923. The minimum absolute atomic E-state index is 0.394. The number of carboxylic acid groups (broad SMARTS) is 1. The molecule has 0 amide bonds.